The molecule has 2 aromatic carbocycles. The van der Waals surface area contributed by atoms with Gasteiger partial charge in [-0.2, -0.15) is 0 Å². The van der Waals surface area contributed by atoms with E-state index in [2.05, 4.69) is 29.2 Å². The Hall–Kier alpha value is -2.17. The standard InChI is InChI=1S/C21H25N3O/c22-24(20(25)18-10-5-2-6-11-18)21-14-7-12-19(13-15-21)23(21)16-17-8-3-1-4-9-17/h1-6,8-11,19H,7,12-16,22H2. The summed E-state index contributed by atoms with van der Waals surface area (Å²) in [5.74, 6) is 6.40. The van der Waals surface area contributed by atoms with E-state index in [4.69, 9.17) is 5.84 Å². The van der Waals surface area contributed by atoms with Crippen LogP contribution in [-0.2, 0) is 6.54 Å². The van der Waals surface area contributed by atoms with E-state index in [1.54, 1.807) is 0 Å². The molecule has 2 saturated heterocycles. The summed E-state index contributed by atoms with van der Waals surface area (Å²) in [4.78, 5) is 15.5. The highest BCUT2D eigenvalue weighted by atomic mass is 16.2. The summed E-state index contributed by atoms with van der Waals surface area (Å²) in [6.45, 7) is 0.848. The Bertz CT molecular complexity index is 729. The largest absolute Gasteiger partial charge is 0.272 e. The van der Waals surface area contributed by atoms with E-state index < -0.39 is 0 Å². The first-order valence-electron chi connectivity index (χ1n) is 9.16. The molecule has 4 rings (SSSR count). The Labute approximate surface area is 149 Å². The number of fused-ring (bicyclic) bond motifs is 2. The number of nitrogens with two attached hydrogens (primary N) is 1. The van der Waals surface area contributed by atoms with E-state index in [1.165, 1.54) is 17.0 Å². The van der Waals surface area contributed by atoms with Crippen LogP contribution >= 0.6 is 0 Å². The molecule has 4 nitrogen and oxygen atoms in total. The maximum atomic E-state index is 13.0. The van der Waals surface area contributed by atoms with Crippen LogP contribution in [0.1, 0.15) is 48.0 Å². The van der Waals surface area contributed by atoms with Crippen molar-refractivity contribution in [3.05, 3.63) is 71.8 Å². The molecule has 4 heteroatoms. The molecular weight excluding hydrogens is 310 g/mol. The van der Waals surface area contributed by atoms with Crippen LogP contribution in [0.15, 0.2) is 60.7 Å². The van der Waals surface area contributed by atoms with Crippen LogP contribution in [-0.4, -0.2) is 27.5 Å². The van der Waals surface area contributed by atoms with Crippen LogP contribution in [0.25, 0.3) is 0 Å². The number of hydrogen-bond donors (Lipinski definition) is 1. The smallest absolute Gasteiger partial charge is 0.269 e. The summed E-state index contributed by atoms with van der Waals surface area (Å²) < 4.78 is 0. The molecule has 0 spiro atoms. The second-order valence-corrected chi connectivity index (χ2v) is 7.22. The average molecular weight is 335 g/mol. The number of carbonyl (C=O) groups excluding carboxylic acids is 1. The molecule has 0 aliphatic carbocycles. The summed E-state index contributed by atoms with van der Waals surface area (Å²) in [5.41, 5.74) is 1.58. The fraction of sp³-hybridized carbons (Fsp3) is 0.381. The highest BCUT2D eigenvalue weighted by Crippen LogP contribution is 2.46. The molecule has 1 amide bonds. The number of hydrazine groups is 1. The third kappa shape index (κ3) is 2.86. The van der Waals surface area contributed by atoms with Gasteiger partial charge in [-0.05, 0) is 49.8 Å². The van der Waals surface area contributed by atoms with Crippen molar-refractivity contribution in [3.63, 3.8) is 0 Å². The zero-order chi connectivity index (χ0) is 17.3. The van der Waals surface area contributed by atoms with Gasteiger partial charge < -0.3 is 0 Å². The molecule has 130 valence electrons. The highest BCUT2D eigenvalue weighted by Gasteiger charge is 2.53. The van der Waals surface area contributed by atoms with Gasteiger partial charge in [-0.1, -0.05) is 48.5 Å². The fourth-order valence-electron chi connectivity index (χ4n) is 4.57. The number of amides is 1. The SMILES string of the molecule is NN(C(=O)c1ccccc1)C12CCCC(CC1)N2Cc1ccccc1. The van der Waals surface area contributed by atoms with Crippen molar-refractivity contribution in [2.45, 2.75) is 50.4 Å². The number of piperidine rings is 1. The molecular formula is C21H25N3O. The Morgan fingerprint density at radius 2 is 1.72 bits per heavy atom. The average Bonchev–Trinajstić information content (AvgIpc) is 2.87. The van der Waals surface area contributed by atoms with E-state index in [9.17, 15) is 4.79 Å². The van der Waals surface area contributed by atoms with Crippen molar-refractivity contribution in [3.8, 4) is 0 Å². The summed E-state index contributed by atoms with van der Waals surface area (Å²) in [7, 11) is 0. The Morgan fingerprint density at radius 1 is 1.04 bits per heavy atom. The Kier molecular flexibility index (Phi) is 4.32. The van der Waals surface area contributed by atoms with E-state index in [0.717, 1.165) is 32.2 Å². The maximum absolute atomic E-state index is 13.0. The Balaban J connectivity index is 1.63. The third-order valence-corrected chi connectivity index (χ3v) is 5.85. The zero-order valence-electron chi connectivity index (χ0n) is 14.5. The molecule has 2 fully saturated rings. The molecule has 0 radical (unpaired) electrons. The normalized spacial score (nSPS) is 25.7. The molecule has 0 saturated carbocycles. The van der Waals surface area contributed by atoms with Crippen LogP contribution in [0.3, 0.4) is 0 Å². The number of benzene rings is 2. The number of rotatable bonds is 4. The van der Waals surface area contributed by atoms with Gasteiger partial charge in [0.05, 0.1) is 0 Å². The first kappa shape index (κ1) is 16.3. The minimum atomic E-state index is -0.355. The number of hydrogen-bond acceptors (Lipinski definition) is 3. The van der Waals surface area contributed by atoms with Crippen LogP contribution in [0, 0.1) is 0 Å². The quantitative estimate of drug-likeness (QED) is 0.528. The number of carbonyl (C=O) groups is 1. The summed E-state index contributed by atoms with van der Waals surface area (Å²) in [5, 5.41) is 1.53. The minimum Gasteiger partial charge on any atom is -0.272 e. The van der Waals surface area contributed by atoms with Crippen molar-refractivity contribution < 1.29 is 4.79 Å². The second-order valence-electron chi connectivity index (χ2n) is 7.22. The molecule has 0 aromatic heterocycles. The topological polar surface area (TPSA) is 49.6 Å². The number of nitrogens with zero attached hydrogens (tertiary/aromatic N) is 2. The van der Waals surface area contributed by atoms with Crippen LogP contribution in [0.4, 0.5) is 0 Å². The van der Waals surface area contributed by atoms with E-state index >= 15 is 0 Å². The lowest BCUT2D eigenvalue weighted by Gasteiger charge is -2.49. The van der Waals surface area contributed by atoms with Crippen LogP contribution in [0.2, 0.25) is 0 Å². The zero-order valence-corrected chi connectivity index (χ0v) is 14.5. The van der Waals surface area contributed by atoms with E-state index in [0.29, 0.717) is 11.6 Å². The van der Waals surface area contributed by atoms with Crippen molar-refractivity contribution in [2.24, 2.45) is 5.84 Å². The molecule has 2 unspecified atom stereocenters. The van der Waals surface area contributed by atoms with Gasteiger partial charge in [0.15, 0.2) is 0 Å². The lowest BCUT2D eigenvalue weighted by molar-refractivity contribution is -0.0631. The molecule has 2 N–H and O–H groups in total. The van der Waals surface area contributed by atoms with Crippen molar-refractivity contribution in [1.82, 2.24) is 9.91 Å². The van der Waals surface area contributed by atoms with Gasteiger partial charge in [0.25, 0.3) is 5.91 Å². The van der Waals surface area contributed by atoms with Gasteiger partial charge in [-0.15, -0.1) is 0 Å². The summed E-state index contributed by atoms with van der Waals surface area (Å²) in [6.07, 6.45) is 5.35. The maximum Gasteiger partial charge on any atom is 0.269 e. The fourth-order valence-corrected chi connectivity index (χ4v) is 4.57. The molecule has 2 bridgehead atoms. The van der Waals surface area contributed by atoms with Gasteiger partial charge in [0, 0.05) is 18.2 Å². The molecule has 2 atom stereocenters. The lowest BCUT2D eigenvalue weighted by Crippen LogP contribution is -2.64. The predicted molar refractivity (Wildman–Crippen MR) is 98.4 cm³/mol. The molecule has 2 aliphatic rings. The van der Waals surface area contributed by atoms with Crippen LogP contribution in [0.5, 0.6) is 0 Å². The van der Waals surface area contributed by atoms with E-state index in [-0.39, 0.29) is 11.6 Å². The van der Waals surface area contributed by atoms with Gasteiger partial charge in [0.1, 0.15) is 5.66 Å². The first-order chi connectivity index (χ1) is 12.2. The third-order valence-electron chi connectivity index (χ3n) is 5.85. The summed E-state index contributed by atoms with van der Waals surface area (Å²) >= 11 is 0. The monoisotopic (exact) mass is 335 g/mol. The van der Waals surface area contributed by atoms with Gasteiger partial charge >= 0.3 is 0 Å². The minimum absolute atomic E-state index is 0.0822. The predicted octanol–water partition coefficient (Wildman–Crippen LogP) is 3.55. The lowest BCUT2D eigenvalue weighted by atomic mass is 9.94. The summed E-state index contributed by atoms with van der Waals surface area (Å²) in [6, 6.07) is 20.4. The van der Waals surface area contributed by atoms with E-state index in [1.807, 2.05) is 36.4 Å². The highest BCUT2D eigenvalue weighted by molar-refractivity contribution is 5.94. The molecule has 2 aromatic rings. The van der Waals surface area contributed by atoms with Gasteiger partial charge in [-0.25, -0.2) is 5.84 Å². The van der Waals surface area contributed by atoms with Crippen molar-refractivity contribution >= 4 is 5.91 Å². The molecule has 25 heavy (non-hydrogen) atoms. The first-order valence-corrected chi connectivity index (χ1v) is 9.16. The van der Waals surface area contributed by atoms with Crippen molar-refractivity contribution in [2.75, 3.05) is 0 Å². The molecule has 2 heterocycles. The van der Waals surface area contributed by atoms with Crippen molar-refractivity contribution in [1.29, 1.82) is 0 Å². The Morgan fingerprint density at radius 3 is 2.44 bits per heavy atom. The molecule has 2 aliphatic heterocycles. The van der Waals surface area contributed by atoms with Gasteiger partial charge in [0.2, 0.25) is 0 Å². The second kappa shape index (κ2) is 6.62. The van der Waals surface area contributed by atoms with Gasteiger partial charge in [-0.3, -0.25) is 14.7 Å². The van der Waals surface area contributed by atoms with Crippen LogP contribution < -0.4 is 5.84 Å².